The average Bonchev–Trinajstić information content (AvgIpc) is 2.75. The Balaban J connectivity index is 2.06. The van der Waals surface area contributed by atoms with Crippen LogP contribution in [0.25, 0.3) is 0 Å². The summed E-state index contributed by atoms with van der Waals surface area (Å²) < 4.78 is 0. The normalized spacial score (nSPS) is 12.4. The van der Waals surface area contributed by atoms with Gasteiger partial charge in [-0.1, -0.05) is 6.07 Å². The molecule has 1 atom stereocenters. The van der Waals surface area contributed by atoms with Gasteiger partial charge in [-0.2, -0.15) is 0 Å². The molecule has 2 rings (SSSR count). The van der Waals surface area contributed by atoms with E-state index in [2.05, 4.69) is 9.97 Å². The molecule has 2 heterocycles. The molecule has 2 aromatic rings. The predicted octanol–water partition coefficient (Wildman–Crippen LogP) is 2.19. The van der Waals surface area contributed by atoms with E-state index in [-0.39, 0.29) is 0 Å². The molecule has 0 aliphatic heterocycles. The Bertz CT molecular complexity index is 507. The van der Waals surface area contributed by atoms with Crippen LogP contribution in [0.1, 0.15) is 22.4 Å². The van der Waals surface area contributed by atoms with Crippen molar-refractivity contribution in [1.29, 1.82) is 0 Å². The third-order valence-corrected chi connectivity index (χ3v) is 3.51. The van der Waals surface area contributed by atoms with Gasteiger partial charge in [-0.05, 0) is 18.6 Å². The van der Waals surface area contributed by atoms with Crippen molar-refractivity contribution in [2.24, 2.45) is 0 Å². The van der Waals surface area contributed by atoms with Crippen molar-refractivity contribution in [2.45, 2.75) is 19.4 Å². The fraction of sp³-hybridized carbons (Fsp3) is 0.385. The molecule has 0 amide bonds. The Kier molecular flexibility index (Phi) is 3.93. The highest BCUT2D eigenvalue weighted by Gasteiger charge is 2.11. The van der Waals surface area contributed by atoms with Crippen LogP contribution in [0, 0.1) is 6.92 Å². The summed E-state index contributed by atoms with van der Waals surface area (Å²) in [6, 6.07) is 3.82. The molecule has 0 saturated heterocycles. The van der Waals surface area contributed by atoms with E-state index in [1.165, 1.54) is 0 Å². The van der Waals surface area contributed by atoms with Gasteiger partial charge < -0.3 is 10.0 Å². The zero-order valence-electron chi connectivity index (χ0n) is 10.8. The number of anilines is 1. The second kappa shape index (κ2) is 5.46. The third kappa shape index (κ3) is 3.05. The number of hydrogen-bond donors (Lipinski definition) is 1. The average molecular weight is 263 g/mol. The molecule has 0 spiro atoms. The minimum absolute atomic E-state index is 0.535. The van der Waals surface area contributed by atoms with Gasteiger partial charge in [0.15, 0.2) is 0 Å². The molecule has 0 saturated carbocycles. The number of thiazole rings is 1. The zero-order valence-corrected chi connectivity index (χ0v) is 11.6. The molecule has 5 heteroatoms. The second-order valence-corrected chi connectivity index (χ2v) is 5.48. The van der Waals surface area contributed by atoms with Crippen molar-refractivity contribution in [3.8, 4) is 0 Å². The number of nitrogens with zero attached hydrogens (tertiary/aromatic N) is 3. The zero-order chi connectivity index (χ0) is 13.1. The van der Waals surface area contributed by atoms with Crippen molar-refractivity contribution in [3.05, 3.63) is 40.0 Å². The van der Waals surface area contributed by atoms with Crippen LogP contribution in [0.3, 0.4) is 0 Å². The number of hydrogen-bond acceptors (Lipinski definition) is 5. The standard InChI is InChI=1S/C13H17N3OS/c1-9-15-11(8-18-9)6-12(17)10-4-5-13(14-7-10)16(2)3/h4-5,7-8,12,17H,6H2,1-3H3. The van der Waals surface area contributed by atoms with Crippen LogP contribution in [0.15, 0.2) is 23.7 Å². The summed E-state index contributed by atoms with van der Waals surface area (Å²) in [4.78, 5) is 10.6. The van der Waals surface area contributed by atoms with Gasteiger partial charge in [-0.25, -0.2) is 9.97 Å². The largest absolute Gasteiger partial charge is 0.388 e. The number of aliphatic hydroxyl groups is 1. The maximum Gasteiger partial charge on any atom is 0.127 e. The van der Waals surface area contributed by atoms with E-state index < -0.39 is 6.10 Å². The fourth-order valence-corrected chi connectivity index (χ4v) is 2.30. The van der Waals surface area contributed by atoms with Crippen molar-refractivity contribution in [2.75, 3.05) is 19.0 Å². The van der Waals surface area contributed by atoms with E-state index in [1.54, 1.807) is 17.5 Å². The highest BCUT2D eigenvalue weighted by Crippen LogP contribution is 2.20. The van der Waals surface area contributed by atoms with Crippen LogP contribution in [-0.2, 0) is 6.42 Å². The SMILES string of the molecule is Cc1nc(CC(O)c2ccc(N(C)C)nc2)cs1. The molecule has 1 unspecified atom stereocenters. The minimum Gasteiger partial charge on any atom is -0.388 e. The van der Waals surface area contributed by atoms with Gasteiger partial charge in [0, 0.05) is 32.1 Å². The maximum atomic E-state index is 10.1. The minimum atomic E-state index is -0.546. The molecule has 1 N–H and O–H groups in total. The van der Waals surface area contributed by atoms with Crippen molar-refractivity contribution in [1.82, 2.24) is 9.97 Å². The summed E-state index contributed by atoms with van der Waals surface area (Å²) in [5.41, 5.74) is 1.76. The number of pyridine rings is 1. The molecule has 0 aromatic carbocycles. The Morgan fingerprint density at radius 2 is 2.17 bits per heavy atom. The van der Waals surface area contributed by atoms with E-state index in [4.69, 9.17) is 0 Å². The molecule has 0 aliphatic rings. The fourth-order valence-electron chi connectivity index (χ4n) is 1.68. The molecular formula is C13H17N3OS. The van der Waals surface area contributed by atoms with Gasteiger partial charge >= 0.3 is 0 Å². The van der Waals surface area contributed by atoms with Gasteiger partial charge in [0.1, 0.15) is 5.82 Å². The van der Waals surface area contributed by atoms with Gasteiger partial charge in [0.25, 0.3) is 0 Å². The highest BCUT2D eigenvalue weighted by molar-refractivity contribution is 7.09. The molecule has 18 heavy (non-hydrogen) atoms. The lowest BCUT2D eigenvalue weighted by atomic mass is 10.1. The highest BCUT2D eigenvalue weighted by atomic mass is 32.1. The lowest BCUT2D eigenvalue weighted by molar-refractivity contribution is 0.177. The summed E-state index contributed by atoms with van der Waals surface area (Å²) in [7, 11) is 3.88. The molecule has 4 nitrogen and oxygen atoms in total. The van der Waals surface area contributed by atoms with E-state index in [0.29, 0.717) is 6.42 Å². The summed E-state index contributed by atoms with van der Waals surface area (Å²) in [6.45, 7) is 1.97. The van der Waals surface area contributed by atoms with Gasteiger partial charge in [0.05, 0.1) is 16.8 Å². The first-order valence-corrected chi connectivity index (χ1v) is 6.66. The molecular weight excluding hydrogens is 246 g/mol. The first-order chi connectivity index (χ1) is 8.56. The van der Waals surface area contributed by atoms with Crippen molar-refractivity contribution in [3.63, 3.8) is 0 Å². The first kappa shape index (κ1) is 13.0. The van der Waals surface area contributed by atoms with Crippen molar-refractivity contribution < 1.29 is 5.11 Å². The quantitative estimate of drug-likeness (QED) is 0.918. The predicted molar refractivity (Wildman–Crippen MR) is 74.1 cm³/mol. The smallest absolute Gasteiger partial charge is 0.127 e. The molecule has 2 aromatic heterocycles. The van der Waals surface area contributed by atoms with E-state index in [1.807, 2.05) is 43.4 Å². The Labute approximate surface area is 111 Å². The van der Waals surface area contributed by atoms with E-state index >= 15 is 0 Å². The van der Waals surface area contributed by atoms with Crippen LogP contribution >= 0.6 is 11.3 Å². The Hall–Kier alpha value is -1.46. The summed E-state index contributed by atoms with van der Waals surface area (Å²) >= 11 is 1.60. The number of aryl methyl sites for hydroxylation is 1. The number of aromatic nitrogens is 2. The van der Waals surface area contributed by atoms with Crippen molar-refractivity contribution >= 4 is 17.2 Å². The first-order valence-electron chi connectivity index (χ1n) is 5.78. The maximum absolute atomic E-state index is 10.1. The number of aliphatic hydroxyl groups excluding tert-OH is 1. The molecule has 0 fully saturated rings. The van der Waals surface area contributed by atoms with Crippen LogP contribution in [0.5, 0.6) is 0 Å². The number of rotatable bonds is 4. The molecule has 0 aliphatic carbocycles. The lowest BCUT2D eigenvalue weighted by Gasteiger charge is -2.13. The summed E-state index contributed by atoms with van der Waals surface area (Å²) in [6.07, 6.45) is 1.71. The Morgan fingerprint density at radius 3 is 2.67 bits per heavy atom. The molecule has 0 radical (unpaired) electrons. The molecule has 96 valence electrons. The van der Waals surface area contributed by atoms with E-state index in [0.717, 1.165) is 22.1 Å². The monoisotopic (exact) mass is 263 g/mol. The van der Waals surface area contributed by atoms with Gasteiger partial charge in [-0.15, -0.1) is 11.3 Å². The van der Waals surface area contributed by atoms with Gasteiger partial charge in [-0.3, -0.25) is 0 Å². The second-order valence-electron chi connectivity index (χ2n) is 4.42. The van der Waals surface area contributed by atoms with E-state index in [9.17, 15) is 5.11 Å². The molecule has 0 bridgehead atoms. The van der Waals surface area contributed by atoms with Gasteiger partial charge in [0.2, 0.25) is 0 Å². The summed E-state index contributed by atoms with van der Waals surface area (Å²) in [5.74, 6) is 0.885. The third-order valence-electron chi connectivity index (χ3n) is 2.68. The van der Waals surface area contributed by atoms with Crippen LogP contribution < -0.4 is 4.90 Å². The van der Waals surface area contributed by atoms with Crippen LogP contribution in [0.2, 0.25) is 0 Å². The Morgan fingerprint density at radius 1 is 1.39 bits per heavy atom. The summed E-state index contributed by atoms with van der Waals surface area (Å²) in [5, 5.41) is 13.1. The van der Waals surface area contributed by atoms with Crippen LogP contribution in [-0.4, -0.2) is 29.2 Å². The van der Waals surface area contributed by atoms with Crippen LogP contribution in [0.4, 0.5) is 5.82 Å². The lowest BCUT2D eigenvalue weighted by Crippen LogP contribution is -2.11. The topological polar surface area (TPSA) is 49.3 Å².